The van der Waals surface area contributed by atoms with Crippen molar-refractivity contribution in [2.24, 2.45) is 0 Å². The fourth-order valence-electron chi connectivity index (χ4n) is 3.97. The van der Waals surface area contributed by atoms with Gasteiger partial charge in [-0.05, 0) is 44.6 Å². The Morgan fingerprint density at radius 1 is 1.28 bits per heavy atom. The first-order chi connectivity index (χ1) is 12.2. The predicted octanol–water partition coefficient (Wildman–Crippen LogP) is 3.44. The van der Waals surface area contributed by atoms with Gasteiger partial charge in [-0.15, -0.1) is 0 Å². The molecule has 1 unspecified atom stereocenters. The lowest BCUT2D eigenvalue weighted by atomic mass is 9.86. The van der Waals surface area contributed by atoms with Crippen molar-refractivity contribution in [2.75, 3.05) is 26.7 Å². The lowest BCUT2D eigenvalue weighted by molar-refractivity contribution is 0.114. The second-order valence-electron chi connectivity index (χ2n) is 7.24. The molecule has 136 valence electrons. The highest BCUT2D eigenvalue weighted by atomic mass is 16.2. The van der Waals surface area contributed by atoms with Crippen LogP contribution >= 0.6 is 0 Å². The van der Waals surface area contributed by atoms with Crippen molar-refractivity contribution < 1.29 is 4.79 Å². The second kappa shape index (κ2) is 8.52. The van der Waals surface area contributed by atoms with Gasteiger partial charge in [-0.25, -0.2) is 4.79 Å². The molecule has 0 spiro atoms. The van der Waals surface area contributed by atoms with E-state index >= 15 is 0 Å². The first kappa shape index (κ1) is 18.0. The molecule has 2 amide bonds. The van der Waals surface area contributed by atoms with Gasteiger partial charge in [-0.3, -0.25) is 4.90 Å². The Morgan fingerprint density at radius 2 is 1.96 bits per heavy atom. The summed E-state index contributed by atoms with van der Waals surface area (Å²) < 4.78 is 0. The van der Waals surface area contributed by atoms with Crippen LogP contribution in [0.15, 0.2) is 42.0 Å². The van der Waals surface area contributed by atoms with Crippen LogP contribution in [-0.2, 0) is 6.42 Å². The van der Waals surface area contributed by atoms with E-state index < -0.39 is 0 Å². The molecule has 4 heteroatoms. The van der Waals surface area contributed by atoms with E-state index in [-0.39, 0.29) is 6.03 Å². The molecule has 1 N–H and O–H groups in total. The summed E-state index contributed by atoms with van der Waals surface area (Å²) in [5, 5.41) is 2.91. The molecule has 1 heterocycles. The number of piperidine rings is 1. The van der Waals surface area contributed by atoms with Crippen molar-refractivity contribution in [3.63, 3.8) is 0 Å². The number of rotatable bonds is 6. The molecule has 1 aromatic carbocycles. The highest BCUT2D eigenvalue weighted by molar-refractivity contribution is 5.74. The number of benzene rings is 1. The number of carbonyl (C=O) groups excluding carboxylic acids is 1. The molecule has 1 aromatic rings. The van der Waals surface area contributed by atoms with Crippen LogP contribution in [0.1, 0.15) is 38.2 Å². The first-order valence-corrected chi connectivity index (χ1v) is 9.66. The van der Waals surface area contributed by atoms with E-state index in [1.54, 1.807) is 5.57 Å². The van der Waals surface area contributed by atoms with Crippen LogP contribution in [0.2, 0.25) is 0 Å². The van der Waals surface area contributed by atoms with E-state index in [0.717, 1.165) is 32.4 Å². The number of likely N-dealkylation sites (tertiary alicyclic amines) is 1. The van der Waals surface area contributed by atoms with Crippen LogP contribution in [0.25, 0.3) is 0 Å². The molecule has 0 saturated carbocycles. The minimum atomic E-state index is 0.0588. The van der Waals surface area contributed by atoms with E-state index in [4.69, 9.17) is 0 Å². The van der Waals surface area contributed by atoms with Gasteiger partial charge >= 0.3 is 6.03 Å². The first-order valence-electron chi connectivity index (χ1n) is 9.66. The molecule has 1 aliphatic heterocycles. The zero-order valence-corrected chi connectivity index (χ0v) is 15.6. The summed E-state index contributed by atoms with van der Waals surface area (Å²) in [6.45, 7) is 4.80. The SMILES string of the molecule is CCNC(=O)N(C)C1CCN(C(Cc2ccccc2)C2=CCC2)CC1. The predicted molar refractivity (Wildman–Crippen MR) is 103 cm³/mol. The van der Waals surface area contributed by atoms with Gasteiger partial charge in [-0.2, -0.15) is 0 Å². The summed E-state index contributed by atoms with van der Waals surface area (Å²) in [5.41, 5.74) is 3.03. The maximum atomic E-state index is 12.1. The van der Waals surface area contributed by atoms with Crippen molar-refractivity contribution >= 4 is 6.03 Å². The number of urea groups is 1. The van der Waals surface area contributed by atoms with E-state index in [1.807, 2.05) is 18.9 Å². The minimum Gasteiger partial charge on any atom is -0.338 e. The van der Waals surface area contributed by atoms with E-state index in [9.17, 15) is 4.79 Å². The average molecular weight is 341 g/mol. The van der Waals surface area contributed by atoms with Crippen LogP contribution in [-0.4, -0.2) is 54.6 Å². The maximum Gasteiger partial charge on any atom is 0.317 e. The number of hydrogen-bond donors (Lipinski definition) is 1. The summed E-state index contributed by atoms with van der Waals surface area (Å²) in [7, 11) is 1.93. The molecule has 1 aliphatic carbocycles. The zero-order valence-electron chi connectivity index (χ0n) is 15.6. The van der Waals surface area contributed by atoms with E-state index in [1.165, 1.54) is 18.4 Å². The largest absolute Gasteiger partial charge is 0.338 e. The Kier molecular flexibility index (Phi) is 6.14. The molecule has 0 radical (unpaired) electrons. The van der Waals surface area contributed by atoms with Crippen molar-refractivity contribution in [2.45, 2.75) is 51.1 Å². The zero-order chi connectivity index (χ0) is 17.6. The quantitative estimate of drug-likeness (QED) is 0.805. The van der Waals surface area contributed by atoms with Crippen LogP contribution < -0.4 is 5.32 Å². The standard InChI is InChI=1S/C21H31N3O/c1-3-22-21(25)23(2)19-12-14-24(15-13-19)20(18-10-7-11-18)16-17-8-5-4-6-9-17/h4-6,8-10,19-20H,3,7,11-16H2,1-2H3,(H,22,25). The Morgan fingerprint density at radius 3 is 2.52 bits per heavy atom. The number of amides is 2. The smallest absolute Gasteiger partial charge is 0.317 e. The van der Waals surface area contributed by atoms with Crippen LogP contribution in [0, 0.1) is 0 Å². The lowest BCUT2D eigenvalue weighted by Gasteiger charge is -2.42. The highest BCUT2D eigenvalue weighted by Gasteiger charge is 2.31. The van der Waals surface area contributed by atoms with Crippen molar-refractivity contribution in [1.82, 2.24) is 15.1 Å². The average Bonchev–Trinajstić information content (AvgIpc) is 2.60. The van der Waals surface area contributed by atoms with Gasteiger partial charge in [0.15, 0.2) is 0 Å². The van der Waals surface area contributed by atoms with Gasteiger partial charge in [0.2, 0.25) is 0 Å². The molecular formula is C21H31N3O. The maximum absolute atomic E-state index is 12.1. The molecule has 1 fully saturated rings. The normalized spacial score (nSPS) is 19.7. The number of nitrogens with one attached hydrogen (secondary N) is 1. The van der Waals surface area contributed by atoms with Crippen LogP contribution in [0.4, 0.5) is 4.79 Å². The van der Waals surface area contributed by atoms with Gasteiger partial charge in [0, 0.05) is 38.8 Å². The molecule has 25 heavy (non-hydrogen) atoms. The monoisotopic (exact) mass is 341 g/mol. The highest BCUT2D eigenvalue weighted by Crippen LogP contribution is 2.30. The Bertz CT molecular complexity index is 590. The molecular weight excluding hydrogens is 310 g/mol. The fourth-order valence-corrected chi connectivity index (χ4v) is 3.97. The number of carbonyl (C=O) groups is 1. The van der Waals surface area contributed by atoms with Gasteiger partial charge in [0.25, 0.3) is 0 Å². The molecule has 3 rings (SSSR count). The molecule has 0 bridgehead atoms. The van der Waals surface area contributed by atoms with Gasteiger partial charge in [-0.1, -0.05) is 42.0 Å². The number of nitrogens with zero attached hydrogens (tertiary/aromatic N) is 2. The lowest BCUT2D eigenvalue weighted by Crippen LogP contribution is -2.51. The minimum absolute atomic E-state index is 0.0588. The van der Waals surface area contributed by atoms with E-state index in [2.05, 4.69) is 46.6 Å². The van der Waals surface area contributed by atoms with Crippen LogP contribution in [0.3, 0.4) is 0 Å². The van der Waals surface area contributed by atoms with Crippen molar-refractivity contribution in [3.8, 4) is 0 Å². The summed E-state index contributed by atoms with van der Waals surface area (Å²) >= 11 is 0. The van der Waals surface area contributed by atoms with Crippen molar-refractivity contribution in [1.29, 1.82) is 0 Å². The van der Waals surface area contributed by atoms with Gasteiger partial charge in [0.1, 0.15) is 0 Å². The van der Waals surface area contributed by atoms with Gasteiger partial charge < -0.3 is 10.2 Å². The van der Waals surface area contributed by atoms with Crippen LogP contribution in [0.5, 0.6) is 0 Å². The number of allylic oxidation sites excluding steroid dienone is 1. The summed E-state index contributed by atoms with van der Waals surface area (Å²) in [6.07, 6.45) is 8.12. The van der Waals surface area contributed by atoms with Crippen molar-refractivity contribution in [3.05, 3.63) is 47.5 Å². The third-order valence-electron chi connectivity index (χ3n) is 5.68. The molecule has 0 aromatic heterocycles. The Hall–Kier alpha value is -1.81. The summed E-state index contributed by atoms with van der Waals surface area (Å²) in [6, 6.07) is 11.8. The molecule has 4 nitrogen and oxygen atoms in total. The molecule has 1 atom stereocenters. The third kappa shape index (κ3) is 4.43. The Balaban J connectivity index is 1.60. The molecule has 2 aliphatic rings. The topological polar surface area (TPSA) is 35.6 Å². The fraction of sp³-hybridized carbons (Fsp3) is 0.571. The molecule has 1 saturated heterocycles. The van der Waals surface area contributed by atoms with Gasteiger partial charge in [0.05, 0.1) is 0 Å². The third-order valence-corrected chi connectivity index (χ3v) is 5.68. The van der Waals surface area contributed by atoms with E-state index in [0.29, 0.717) is 18.6 Å². The summed E-state index contributed by atoms with van der Waals surface area (Å²) in [4.78, 5) is 16.6. The number of hydrogen-bond acceptors (Lipinski definition) is 2. The summed E-state index contributed by atoms with van der Waals surface area (Å²) in [5.74, 6) is 0. The Labute approximate surface area is 151 Å². The second-order valence-corrected chi connectivity index (χ2v) is 7.24.